The average molecular weight is 323 g/mol. The summed E-state index contributed by atoms with van der Waals surface area (Å²) in [4.78, 5) is 4.33. The van der Waals surface area contributed by atoms with E-state index in [4.69, 9.17) is 16.9 Å². The van der Waals surface area contributed by atoms with Crippen LogP contribution in [0.4, 0.5) is 23.1 Å². The van der Waals surface area contributed by atoms with Gasteiger partial charge in [-0.25, -0.2) is 0 Å². The summed E-state index contributed by atoms with van der Waals surface area (Å²) < 4.78 is 0. The highest BCUT2D eigenvalue weighted by atomic mass is 35.5. The SMILES string of the molecule is N#Cc1ccc(Nc2cnnc(Nc3cccc(Cl)c3)n2)cc1. The highest BCUT2D eigenvalue weighted by molar-refractivity contribution is 6.30. The molecule has 7 heteroatoms. The smallest absolute Gasteiger partial charge is 0.249 e. The molecule has 0 bridgehead atoms. The number of nitriles is 1. The molecule has 0 atom stereocenters. The van der Waals surface area contributed by atoms with Gasteiger partial charge in [0.1, 0.15) is 0 Å². The van der Waals surface area contributed by atoms with Crippen LogP contribution < -0.4 is 10.6 Å². The van der Waals surface area contributed by atoms with Crippen LogP contribution in [0.25, 0.3) is 0 Å². The quantitative estimate of drug-likeness (QED) is 0.758. The van der Waals surface area contributed by atoms with Gasteiger partial charge in [0.2, 0.25) is 5.95 Å². The van der Waals surface area contributed by atoms with Crippen LogP contribution in [0.15, 0.2) is 54.7 Å². The van der Waals surface area contributed by atoms with E-state index in [1.165, 1.54) is 6.20 Å². The zero-order valence-electron chi connectivity index (χ0n) is 11.9. The van der Waals surface area contributed by atoms with Gasteiger partial charge in [-0.1, -0.05) is 17.7 Å². The molecule has 0 spiro atoms. The Balaban J connectivity index is 1.75. The second-order valence-electron chi connectivity index (χ2n) is 4.61. The molecule has 112 valence electrons. The Bertz CT molecular complexity index is 857. The van der Waals surface area contributed by atoms with Crippen molar-refractivity contribution in [3.05, 3.63) is 65.3 Å². The maximum absolute atomic E-state index is 8.80. The molecule has 0 fully saturated rings. The highest BCUT2D eigenvalue weighted by Gasteiger charge is 2.03. The largest absolute Gasteiger partial charge is 0.339 e. The molecule has 1 aromatic heterocycles. The van der Waals surface area contributed by atoms with Crippen LogP contribution in [0, 0.1) is 11.3 Å². The van der Waals surface area contributed by atoms with Gasteiger partial charge in [0.15, 0.2) is 5.82 Å². The van der Waals surface area contributed by atoms with E-state index in [0.29, 0.717) is 22.4 Å². The van der Waals surface area contributed by atoms with Crippen molar-refractivity contribution in [2.24, 2.45) is 0 Å². The molecule has 1 heterocycles. The van der Waals surface area contributed by atoms with Gasteiger partial charge in [-0.3, -0.25) is 0 Å². The van der Waals surface area contributed by atoms with Gasteiger partial charge in [-0.05, 0) is 42.5 Å². The van der Waals surface area contributed by atoms with Gasteiger partial charge in [0.25, 0.3) is 0 Å². The Morgan fingerprint density at radius 2 is 1.83 bits per heavy atom. The van der Waals surface area contributed by atoms with Crippen LogP contribution in [0.5, 0.6) is 0 Å². The van der Waals surface area contributed by atoms with E-state index in [2.05, 4.69) is 31.9 Å². The van der Waals surface area contributed by atoms with E-state index in [1.807, 2.05) is 12.1 Å². The second kappa shape index (κ2) is 6.73. The summed E-state index contributed by atoms with van der Waals surface area (Å²) in [5.41, 5.74) is 2.17. The Morgan fingerprint density at radius 1 is 1.00 bits per heavy atom. The fourth-order valence-electron chi connectivity index (χ4n) is 1.89. The third-order valence-electron chi connectivity index (χ3n) is 2.93. The number of rotatable bonds is 4. The van der Waals surface area contributed by atoms with Crippen LogP contribution in [0.3, 0.4) is 0 Å². The number of halogens is 1. The first-order valence-corrected chi connectivity index (χ1v) is 7.10. The molecule has 3 rings (SSSR count). The number of aromatic nitrogens is 3. The first kappa shape index (κ1) is 14.8. The maximum Gasteiger partial charge on any atom is 0.249 e. The lowest BCUT2D eigenvalue weighted by Crippen LogP contribution is -2.02. The molecule has 0 aliphatic rings. The van der Waals surface area contributed by atoms with Crippen molar-refractivity contribution < 1.29 is 0 Å². The summed E-state index contributed by atoms with van der Waals surface area (Å²) in [6.07, 6.45) is 1.52. The molecule has 3 aromatic rings. The molecular formula is C16H11ClN6. The van der Waals surface area contributed by atoms with E-state index in [0.717, 1.165) is 11.4 Å². The fourth-order valence-corrected chi connectivity index (χ4v) is 2.08. The summed E-state index contributed by atoms with van der Waals surface area (Å²) in [6, 6.07) is 16.4. The van der Waals surface area contributed by atoms with Crippen molar-refractivity contribution in [3.63, 3.8) is 0 Å². The minimum absolute atomic E-state index is 0.353. The molecule has 0 radical (unpaired) electrons. The maximum atomic E-state index is 8.80. The van der Waals surface area contributed by atoms with E-state index in [1.54, 1.807) is 36.4 Å². The van der Waals surface area contributed by atoms with Crippen molar-refractivity contribution in [1.82, 2.24) is 15.2 Å². The number of nitrogens with zero attached hydrogens (tertiary/aromatic N) is 4. The molecule has 0 aliphatic heterocycles. The predicted molar refractivity (Wildman–Crippen MR) is 89.0 cm³/mol. The monoisotopic (exact) mass is 322 g/mol. The first-order valence-electron chi connectivity index (χ1n) is 6.72. The number of nitrogens with one attached hydrogen (secondary N) is 2. The van der Waals surface area contributed by atoms with E-state index >= 15 is 0 Å². The minimum Gasteiger partial charge on any atom is -0.339 e. The molecule has 0 saturated carbocycles. The first-order chi connectivity index (χ1) is 11.2. The Hall–Kier alpha value is -3.17. The van der Waals surface area contributed by atoms with Crippen LogP contribution in [-0.2, 0) is 0 Å². The molecule has 6 nitrogen and oxygen atoms in total. The lowest BCUT2D eigenvalue weighted by atomic mass is 10.2. The van der Waals surface area contributed by atoms with Crippen LogP contribution in [0.2, 0.25) is 5.02 Å². The van der Waals surface area contributed by atoms with Crippen molar-refractivity contribution in [3.8, 4) is 6.07 Å². The third kappa shape index (κ3) is 3.93. The second-order valence-corrected chi connectivity index (χ2v) is 5.05. The Morgan fingerprint density at radius 3 is 2.57 bits per heavy atom. The van der Waals surface area contributed by atoms with E-state index < -0.39 is 0 Å². The number of hydrogen-bond acceptors (Lipinski definition) is 6. The highest BCUT2D eigenvalue weighted by Crippen LogP contribution is 2.19. The summed E-state index contributed by atoms with van der Waals surface area (Å²) in [5.74, 6) is 0.889. The van der Waals surface area contributed by atoms with Crippen LogP contribution in [-0.4, -0.2) is 15.2 Å². The summed E-state index contributed by atoms with van der Waals surface area (Å²) >= 11 is 5.94. The van der Waals surface area contributed by atoms with E-state index in [9.17, 15) is 0 Å². The standard InChI is InChI=1S/C16H11ClN6/c17-12-2-1-3-14(8-12)21-16-22-15(10-19-23-16)20-13-6-4-11(9-18)5-7-13/h1-8,10H,(H2,20,21,22,23). The Labute approximate surface area is 137 Å². The molecule has 0 saturated heterocycles. The Kier molecular flexibility index (Phi) is 4.32. The van der Waals surface area contributed by atoms with Gasteiger partial charge in [0.05, 0.1) is 17.8 Å². The van der Waals surface area contributed by atoms with Crippen molar-refractivity contribution in [2.45, 2.75) is 0 Å². The van der Waals surface area contributed by atoms with Crippen molar-refractivity contribution in [2.75, 3.05) is 10.6 Å². The van der Waals surface area contributed by atoms with E-state index in [-0.39, 0.29) is 0 Å². The van der Waals surface area contributed by atoms with Gasteiger partial charge in [-0.2, -0.15) is 15.3 Å². The van der Waals surface area contributed by atoms with Crippen LogP contribution >= 0.6 is 11.6 Å². The molecular weight excluding hydrogens is 312 g/mol. The lowest BCUT2D eigenvalue weighted by Gasteiger charge is -2.08. The predicted octanol–water partition coefficient (Wildman–Crippen LogP) is 3.88. The van der Waals surface area contributed by atoms with Crippen LogP contribution in [0.1, 0.15) is 5.56 Å². The summed E-state index contributed by atoms with van der Waals surface area (Å²) in [7, 11) is 0. The molecule has 23 heavy (non-hydrogen) atoms. The zero-order valence-corrected chi connectivity index (χ0v) is 12.6. The van der Waals surface area contributed by atoms with Gasteiger partial charge < -0.3 is 10.6 Å². The molecule has 2 aromatic carbocycles. The molecule has 2 N–H and O–H groups in total. The third-order valence-corrected chi connectivity index (χ3v) is 3.16. The van der Waals surface area contributed by atoms with Gasteiger partial charge in [0, 0.05) is 16.4 Å². The minimum atomic E-state index is 0.353. The fraction of sp³-hybridized carbons (Fsp3) is 0. The van der Waals surface area contributed by atoms with Crippen molar-refractivity contribution in [1.29, 1.82) is 5.26 Å². The van der Waals surface area contributed by atoms with Gasteiger partial charge in [-0.15, -0.1) is 5.10 Å². The normalized spacial score (nSPS) is 9.91. The summed E-state index contributed by atoms with van der Waals surface area (Å²) in [6.45, 7) is 0. The molecule has 0 aliphatic carbocycles. The molecule has 0 unspecified atom stereocenters. The zero-order chi connectivity index (χ0) is 16.1. The number of benzene rings is 2. The number of anilines is 4. The molecule has 0 amide bonds. The van der Waals surface area contributed by atoms with Crippen molar-refractivity contribution >= 4 is 34.7 Å². The topological polar surface area (TPSA) is 86.5 Å². The summed E-state index contributed by atoms with van der Waals surface area (Å²) in [5, 5.41) is 23.4. The van der Waals surface area contributed by atoms with Gasteiger partial charge >= 0.3 is 0 Å². The average Bonchev–Trinajstić information content (AvgIpc) is 2.56. The lowest BCUT2D eigenvalue weighted by molar-refractivity contribution is 0.982. The number of hydrogen-bond donors (Lipinski definition) is 2.